The minimum absolute atomic E-state index is 0.0989. The summed E-state index contributed by atoms with van der Waals surface area (Å²) in [6, 6.07) is 9.34. The Balaban J connectivity index is 1.78. The SMILES string of the molecule is N#CC1(NC(=O)c2cccc(N3CCCC3=O)c2)CCCC1. The Labute approximate surface area is 129 Å². The lowest BCUT2D eigenvalue weighted by Crippen LogP contribution is -2.45. The second kappa shape index (κ2) is 5.80. The average Bonchev–Trinajstić information content (AvgIpc) is 3.17. The van der Waals surface area contributed by atoms with Crippen molar-refractivity contribution in [3.8, 4) is 6.07 Å². The maximum atomic E-state index is 12.4. The van der Waals surface area contributed by atoms with E-state index in [1.807, 2.05) is 6.07 Å². The van der Waals surface area contributed by atoms with Crippen LogP contribution in [0.3, 0.4) is 0 Å². The predicted molar refractivity (Wildman–Crippen MR) is 82.3 cm³/mol. The number of rotatable bonds is 3. The molecule has 1 saturated carbocycles. The van der Waals surface area contributed by atoms with E-state index in [0.717, 1.165) is 24.9 Å². The Kier molecular flexibility index (Phi) is 3.84. The van der Waals surface area contributed by atoms with Crippen molar-refractivity contribution in [2.75, 3.05) is 11.4 Å². The van der Waals surface area contributed by atoms with Crippen LogP contribution in [0.1, 0.15) is 48.9 Å². The van der Waals surface area contributed by atoms with Crippen molar-refractivity contribution in [1.82, 2.24) is 5.32 Å². The molecule has 0 spiro atoms. The molecule has 2 fully saturated rings. The molecule has 114 valence electrons. The fraction of sp³-hybridized carbons (Fsp3) is 0.471. The van der Waals surface area contributed by atoms with Crippen molar-refractivity contribution in [3.63, 3.8) is 0 Å². The minimum Gasteiger partial charge on any atom is -0.334 e. The van der Waals surface area contributed by atoms with E-state index in [-0.39, 0.29) is 11.8 Å². The van der Waals surface area contributed by atoms with Gasteiger partial charge in [-0.3, -0.25) is 9.59 Å². The first-order valence-electron chi connectivity index (χ1n) is 7.78. The zero-order valence-corrected chi connectivity index (χ0v) is 12.5. The Hall–Kier alpha value is -2.35. The monoisotopic (exact) mass is 297 g/mol. The van der Waals surface area contributed by atoms with Gasteiger partial charge in [-0.15, -0.1) is 0 Å². The molecule has 0 atom stereocenters. The van der Waals surface area contributed by atoms with Crippen LogP contribution in [0.5, 0.6) is 0 Å². The lowest BCUT2D eigenvalue weighted by atomic mass is 9.99. The summed E-state index contributed by atoms with van der Waals surface area (Å²) in [7, 11) is 0. The minimum atomic E-state index is -0.726. The van der Waals surface area contributed by atoms with Crippen LogP contribution in [0.25, 0.3) is 0 Å². The quantitative estimate of drug-likeness (QED) is 0.931. The lowest BCUT2D eigenvalue weighted by molar-refractivity contribution is -0.117. The smallest absolute Gasteiger partial charge is 0.252 e. The number of hydrogen-bond donors (Lipinski definition) is 1. The molecule has 1 heterocycles. The zero-order chi connectivity index (χ0) is 15.6. The number of benzene rings is 1. The molecule has 5 nitrogen and oxygen atoms in total. The van der Waals surface area contributed by atoms with Gasteiger partial charge in [-0.25, -0.2) is 0 Å². The van der Waals surface area contributed by atoms with Crippen LogP contribution in [0.2, 0.25) is 0 Å². The van der Waals surface area contributed by atoms with Gasteiger partial charge in [0.1, 0.15) is 5.54 Å². The molecule has 22 heavy (non-hydrogen) atoms. The number of nitrogens with zero attached hydrogens (tertiary/aromatic N) is 2. The lowest BCUT2D eigenvalue weighted by Gasteiger charge is -2.22. The summed E-state index contributed by atoms with van der Waals surface area (Å²) >= 11 is 0. The molecule has 1 saturated heterocycles. The van der Waals surface area contributed by atoms with Gasteiger partial charge in [0.15, 0.2) is 0 Å². The van der Waals surface area contributed by atoms with Gasteiger partial charge in [0.2, 0.25) is 5.91 Å². The number of nitriles is 1. The number of hydrogen-bond acceptors (Lipinski definition) is 3. The number of carbonyl (C=O) groups excluding carboxylic acids is 2. The number of amides is 2. The Morgan fingerprint density at radius 2 is 2.05 bits per heavy atom. The van der Waals surface area contributed by atoms with E-state index >= 15 is 0 Å². The van der Waals surface area contributed by atoms with Gasteiger partial charge in [0.25, 0.3) is 5.91 Å². The molecular formula is C17H19N3O2. The van der Waals surface area contributed by atoms with Crippen LogP contribution in [-0.2, 0) is 4.79 Å². The topological polar surface area (TPSA) is 73.2 Å². The van der Waals surface area contributed by atoms with Gasteiger partial charge in [0.05, 0.1) is 6.07 Å². The summed E-state index contributed by atoms with van der Waals surface area (Å²) in [6.45, 7) is 0.700. The summed E-state index contributed by atoms with van der Waals surface area (Å²) in [5.74, 6) is -0.140. The third kappa shape index (κ3) is 2.69. The van der Waals surface area contributed by atoms with Gasteiger partial charge in [-0.05, 0) is 50.3 Å². The molecule has 1 aromatic rings. The fourth-order valence-corrected chi connectivity index (χ4v) is 3.27. The molecule has 0 radical (unpaired) electrons. The second-order valence-corrected chi connectivity index (χ2v) is 6.05. The van der Waals surface area contributed by atoms with E-state index in [9.17, 15) is 14.9 Å². The molecule has 1 aliphatic heterocycles. The van der Waals surface area contributed by atoms with Gasteiger partial charge >= 0.3 is 0 Å². The van der Waals surface area contributed by atoms with Gasteiger partial charge in [0, 0.05) is 24.2 Å². The number of nitrogens with one attached hydrogen (secondary N) is 1. The highest BCUT2D eigenvalue weighted by atomic mass is 16.2. The summed E-state index contributed by atoms with van der Waals surface area (Å²) in [5.41, 5.74) is 0.530. The van der Waals surface area contributed by atoms with Crippen LogP contribution in [0, 0.1) is 11.3 Å². The zero-order valence-electron chi connectivity index (χ0n) is 12.5. The van der Waals surface area contributed by atoms with Gasteiger partial charge in [-0.1, -0.05) is 6.07 Å². The summed E-state index contributed by atoms with van der Waals surface area (Å²) in [5, 5.41) is 12.2. The second-order valence-electron chi connectivity index (χ2n) is 6.05. The molecule has 0 bridgehead atoms. The molecule has 1 aromatic carbocycles. The van der Waals surface area contributed by atoms with E-state index in [1.165, 1.54) is 0 Å². The first-order chi connectivity index (χ1) is 10.6. The van der Waals surface area contributed by atoms with Crippen LogP contribution >= 0.6 is 0 Å². The molecule has 2 aliphatic rings. The van der Waals surface area contributed by atoms with Crippen molar-refractivity contribution >= 4 is 17.5 Å². The predicted octanol–water partition coefficient (Wildman–Crippen LogP) is 2.38. The third-order valence-corrected chi connectivity index (χ3v) is 4.52. The normalized spacial score (nSPS) is 20.0. The molecular weight excluding hydrogens is 278 g/mol. The van der Waals surface area contributed by atoms with Crippen molar-refractivity contribution in [2.24, 2.45) is 0 Å². The van der Waals surface area contributed by atoms with E-state index in [4.69, 9.17) is 0 Å². The van der Waals surface area contributed by atoms with Crippen molar-refractivity contribution in [3.05, 3.63) is 29.8 Å². The molecule has 2 amide bonds. The first kappa shape index (κ1) is 14.6. The largest absolute Gasteiger partial charge is 0.334 e. The Morgan fingerprint density at radius 1 is 1.27 bits per heavy atom. The van der Waals surface area contributed by atoms with Crippen LogP contribution < -0.4 is 10.2 Å². The molecule has 3 rings (SSSR count). The highest BCUT2D eigenvalue weighted by molar-refractivity contribution is 5.99. The molecule has 1 N–H and O–H groups in total. The maximum absolute atomic E-state index is 12.4. The maximum Gasteiger partial charge on any atom is 0.252 e. The summed E-state index contributed by atoms with van der Waals surface area (Å²) in [4.78, 5) is 26.0. The first-order valence-corrected chi connectivity index (χ1v) is 7.78. The Morgan fingerprint density at radius 3 is 2.68 bits per heavy atom. The highest BCUT2D eigenvalue weighted by Gasteiger charge is 2.35. The highest BCUT2D eigenvalue weighted by Crippen LogP contribution is 2.29. The van der Waals surface area contributed by atoms with Gasteiger partial charge < -0.3 is 10.2 Å². The standard InChI is InChI=1S/C17H19N3O2/c18-12-17(8-1-2-9-17)19-16(22)13-5-3-6-14(11-13)20-10-4-7-15(20)21/h3,5-6,11H,1-2,4,7-10H2,(H,19,22). The number of anilines is 1. The summed E-state index contributed by atoms with van der Waals surface area (Å²) < 4.78 is 0. The molecule has 1 aliphatic carbocycles. The third-order valence-electron chi connectivity index (χ3n) is 4.52. The van der Waals surface area contributed by atoms with Crippen LogP contribution in [0.4, 0.5) is 5.69 Å². The van der Waals surface area contributed by atoms with E-state index in [0.29, 0.717) is 31.4 Å². The van der Waals surface area contributed by atoms with E-state index in [1.54, 1.807) is 23.1 Å². The van der Waals surface area contributed by atoms with Crippen LogP contribution in [-0.4, -0.2) is 23.9 Å². The summed E-state index contributed by atoms with van der Waals surface area (Å²) in [6.07, 6.45) is 4.77. The van der Waals surface area contributed by atoms with Crippen LogP contribution in [0.15, 0.2) is 24.3 Å². The van der Waals surface area contributed by atoms with Gasteiger partial charge in [-0.2, -0.15) is 5.26 Å². The van der Waals surface area contributed by atoms with E-state index in [2.05, 4.69) is 11.4 Å². The van der Waals surface area contributed by atoms with E-state index < -0.39 is 5.54 Å². The average molecular weight is 297 g/mol. The molecule has 5 heteroatoms. The fourth-order valence-electron chi connectivity index (χ4n) is 3.27. The Bertz CT molecular complexity index is 642. The van der Waals surface area contributed by atoms with Crippen molar-refractivity contribution < 1.29 is 9.59 Å². The van der Waals surface area contributed by atoms with Crippen molar-refractivity contribution in [1.29, 1.82) is 5.26 Å². The van der Waals surface area contributed by atoms with Crippen molar-refractivity contribution in [2.45, 2.75) is 44.1 Å². The molecule has 0 unspecified atom stereocenters. The molecule has 0 aromatic heterocycles. The number of carbonyl (C=O) groups is 2.